The molecule has 84 valence electrons. The minimum atomic E-state index is 0.437. The van der Waals surface area contributed by atoms with Gasteiger partial charge in [0.05, 0.1) is 0 Å². The molecule has 0 aliphatic carbocycles. The topological polar surface area (TPSA) is 12.0 Å². The number of thioether (sulfide) groups is 1. The summed E-state index contributed by atoms with van der Waals surface area (Å²) in [5.74, 6) is 1.16. The highest BCUT2D eigenvalue weighted by atomic mass is 32.2. The van der Waals surface area contributed by atoms with Crippen LogP contribution in [-0.4, -0.2) is 18.1 Å². The molecule has 0 saturated carbocycles. The highest BCUT2D eigenvalue weighted by molar-refractivity contribution is 7.98. The first-order chi connectivity index (χ1) is 7.13. The van der Waals surface area contributed by atoms with Crippen molar-refractivity contribution in [1.82, 2.24) is 5.32 Å². The predicted molar refractivity (Wildman–Crippen MR) is 70.6 cm³/mol. The highest BCUT2D eigenvalue weighted by Crippen LogP contribution is 2.14. The Morgan fingerprint density at radius 1 is 1.33 bits per heavy atom. The van der Waals surface area contributed by atoms with Gasteiger partial charge in [-0.15, -0.1) is 0 Å². The summed E-state index contributed by atoms with van der Waals surface area (Å²) in [4.78, 5) is 0. The van der Waals surface area contributed by atoms with Crippen LogP contribution in [-0.2, 0) is 0 Å². The summed E-state index contributed by atoms with van der Waals surface area (Å²) >= 11 is 1.89. The van der Waals surface area contributed by atoms with Gasteiger partial charge < -0.3 is 5.32 Å². The molecular weight excluding hydrogens is 202 g/mol. The third kappa shape index (κ3) is 4.27. The highest BCUT2D eigenvalue weighted by Gasteiger charge is 2.08. The van der Waals surface area contributed by atoms with E-state index < -0.39 is 0 Å². The van der Waals surface area contributed by atoms with Crippen LogP contribution in [0.25, 0.3) is 0 Å². The van der Waals surface area contributed by atoms with E-state index in [-0.39, 0.29) is 0 Å². The number of hydrogen-bond donors (Lipinski definition) is 1. The molecule has 2 heteroatoms. The zero-order chi connectivity index (χ0) is 11.3. The van der Waals surface area contributed by atoms with Crippen LogP contribution >= 0.6 is 11.8 Å². The number of rotatable bonds is 5. The second-order valence-corrected chi connectivity index (χ2v) is 5.07. The fraction of sp³-hybridized carbons (Fsp3) is 0.538. The standard InChI is InChI=1S/C13H21NS/c1-10-6-5-7-13(8-10)12(3)14-11(2)9-15-4/h5-8,11-12,14H,9H2,1-4H3. The van der Waals surface area contributed by atoms with Gasteiger partial charge in [-0.25, -0.2) is 0 Å². The number of aryl methyl sites for hydroxylation is 1. The second-order valence-electron chi connectivity index (χ2n) is 4.16. The van der Waals surface area contributed by atoms with E-state index in [1.54, 1.807) is 0 Å². The molecule has 0 aromatic heterocycles. The van der Waals surface area contributed by atoms with Crippen LogP contribution in [0, 0.1) is 6.92 Å². The van der Waals surface area contributed by atoms with Gasteiger partial charge in [-0.05, 0) is 32.6 Å². The maximum Gasteiger partial charge on any atom is 0.0294 e. The molecule has 0 saturated heterocycles. The third-order valence-electron chi connectivity index (χ3n) is 2.49. The molecule has 15 heavy (non-hydrogen) atoms. The Morgan fingerprint density at radius 3 is 2.67 bits per heavy atom. The molecule has 0 fully saturated rings. The summed E-state index contributed by atoms with van der Waals surface area (Å²) in [6, 6.07) is 9.71. The van der Waals surface area contributed by atoms with Crippen LogP contribution in [0.1, 0.15) is 31.0 Å². The lowest BCUT2D eigenvalue weighted by Gasteiger charge is -2.20. The van der Waals surface area contributed by atoms with E-state index in [0.29, 0.717) is 12.1 Å². The van der Waals surface area contributed by atoms with Gasteiger partial charge in [-0.3, -0.25) is 0 Å². The minimum absolute atomic E-state index is 0.437. The van der Waals surface area contributed by atoms with E-state index in [4.69, 9.17) is 0 Å². The molecule has 1 aromatic rings. The first kappa shape index (κ1) is 12.6. The first-order valence-corrected chi connectivity index (χ1v) is 6.84. The Balaban J connectivity index is 2.56. The van der Waals surface area contributed by atoms with Gasteiger partial charge in [0.2, 0.25) is 0 Å². The van der Waals surface area contributed by atoms with Crippen LogP contribution in [0.15, 0.2) is 24.3 Å². The lowest BCUT2D eigenvalue weighted by atomic mass is 10.1. The summed E-state index contributed by atoms with van der Waals surface area (Å²) in [5.41, 5.74) is 2.71. The molecular formula is C13H21NS. The Morgan fingerprint density at radius 2 is 2.07 bits per heavy atom. The molecule has 0 radical (unpaired) electrons. The van der Waals surface area contributed by atoms with Crippen LogP contribution in [0.3, 0.4) is 0 Å². The summed E-state index contributed by atoms with van der Waals surface area (Å²) in [6.45, 7) is 6.61. The van der Waals surface area contributed by atoms with Crippen molar-refractivity contribution in [3.63, 3.8) is 0 Å². The zero-order valence-corrected chi connectivity index (χ0v) is 10.9. The number of nitrogens with one attached hydrogen (secondary N) is 1. The largest absolute Gasteiger partial charge is 0.307 e. The molecule has 1 rings (SSSR count). The number of hydrogen-bond acceptors (Lipinski definition) is 2. The molecule has 0 aliphatic heterocycles. The van der Waals surface area contributed by atoms with E-state index >= 15 is 0 Å². The minimum Gasteiger partial charge on any atom is -0.307 e. The van der Waals surface area contributed by atoms with Crippen molar-refractivity contribution in [2.24, 2.45) is 0 Å². The van der Waals surface area contributed by atoms with Gasteiger partial charge in [-0.1, -0.05) is 29.8 Å². The lowest BCUT2D eigenvalue weighted by Crippen LogP contribution is -2.30. The van der Waals surface area contributed by atoms with E-state index in [0.717, 1.165) is 5.75 Å². The molecule has 0 aliphatic rings. The van der Waals surface area contributed by atoms with Crippen LogP contribution in [0.5, 0.6) is 0 Å². The average Bonchev–Trinajstić information content (AvgIpc) is 2.18. The van der Waals surface area contributed by atoms with Gasteiger partial charge in [0.25, 0.3) is 0 Å². The van der Waals surface area contributed by atoms with Crippen molar-refractivity contribution in [2.45, 2.75) is 32.9 Å². The molecule has 0 spiro atoms. The molecule has 1 nitrogen and oxygen atoms in total. The van der Waals surface area contributed by atoms with Gasteiger partial charge >= 0.3 is 0 Å². The predicted octanol–water partition coefficient (Wildman–Crippen LogP) is 3.40. The van der Waals surface area contributed by atoms with Gasteiger partial charge in [0.1, 0.15) is 0 Å². The fourth-order valence-electron chi connectivity index (χ4n) is 1.76. The second kappa shape index (κ2) is 6.19. The van der Waals surface area contributed by atoms with E-state index in [1.807, 2.05) is 11.8 Å². The molecule has 1 N–H and O–H groups in total. The molecule has 2 atom stereocenters. The Hall–Kier alpha value is -0.470. The monoisotopic (exact) mass is 223 g/mol. The Labute approximate surface area is 97.7 Å². The fourth-order valence-corrected chi connectivity index (χ4v) is 2.36. The molecule has 1 aromatic carbocycles. The van der Waals surface area contributed by atoms with Crippen molar-refractivity contribution >= 4 is 11.8 Å². The maximum absolute atomic E-state index is 3.60. The van der Waals surface area contributed by atoms with E-state index in [2.05, 4.69) is 56.6 Å². The van der Waals surface area contributed by atoms with Crippen molar-refractivity contribution in [2.75, 3.05) is 12.0 Å². The smallest absolute Gasteiger partial charge is 0.0294 e. The third-order valence-corrected chi connectivity index (χ3v) is 3.33. The van der Waals surface area contributed by atoms with Crippen molar-refractivity contribution in [3.8, 4) is 0 Å². The van der Waals surface area contributed by atoms with Gasteiger partial charge in [0, 0.05) is 17.8 Å². The van der Waals surface area contributed by atoms with Gasteiger partial charge in [0.15, 0.2) is 0 Å². The summed E-state index contributed by atoms with van der Waals surface area (Å²) in [6.07, 6.45) is 2.15. The van der Waals surface area contributed by atoms with Crippen LogP contribution in [0.2, 0.25) is 0 Å². The van der Waals surface area contributed by atoms with Crippen molar-refractivity contribution < 1.29 is 0 Å². The summed E-state index contributed by atoms with van der Waals surface area (Å²) in [5, 5.41) is 3.60. The van der Waals surface area contributed by atoms with Crippen molar-refractivity contribution in [3.05, 3.63) is 35.4 Å². The van der Waals surface area contributed by atoms with Crippen molar-refractivity contribution in [1.29, 1.82) is 0 Å². The van der Waals surface area contributed by atoms with Gasteiger partial charge in [-0.2, -0.15) is 11.8 Å². The summed E-state index contributed by atoms with van der Waals surface area (Å²) < 4.78 is 0. The molecule has 0 bridgehead atoms. The van der Waals surface area contributed by atoms with E-state index in [1.165, 1.54) is 11.1 Å². The maximum atomic E-state index is 3.60. The number of benzene rings is 1. The molecule has 2 unspecified atom stereocenters. The van der Waals surface area contributed by atoms with Crippen LogP contribution in [0.4, 0.5) is 0 Å². The normalized spacial score (nSPS) is 14.9. The first-order valence-electron chi connectivity index (χ1n) is 5.45. The van der Waals surface area contributed by atoms with Crippen LogP contribution < -0.4 is 5.32 Å². The SMILES string of the molecule is CSCC(C)NC(C)c1cccc(C)c1. The van der Waals surface area contributed by atoms with E-state index in [9.17, 15) is 0 Å². The lowest BCUT2D eigenvalue weighted by molar-refractivity contribution is 0.511. The molecule has 0 heterocycles. The Kier molecular flexibility index (Phi) is 5.20. The molecule has 0 amide bonds. The summed E-state index contributed by atoms with van der Waals surface area (Å²) in [7, 11) is 0. The Bertz CT molecular complexity index is 298. The quantitative estimate of drug-likeness (QED) is 0.821. The zero-order valence-electron chi connectivity index (χ0n) is 10.1. The average molecular weight is 223 g/mol.